The molecule has 0 aliphatic carbocycles. The van der Waals surface area contributed by atoms with Crippen LogP contribution in [-0.4, -0.2) is 27.3 Å². The highest BCUT2D eigenvalue weighted by molar-refractivity contribution is 6.48. The Hall–Kier alpha value is -2.89. The van der Waals surface area contributed by atoms with Crippen molar-refractivity contribution in [2.75, 3.05) is 5.32 Å². The molecule has 1 heterocycles. The molecule has 1 aromatic heterocycles. The Morgan fingerprint density at radius 3 is 2.50 bits per heavy atom. The Kier molecular flexibility index (Phi) is 7.15. The number of rotatable bonds is 5. The van der Waals surface area contributed by atoms with Crippen LogP contribution >= 0.6 is 23.2 Å². The number of halogens is 3. The number of pyridine rings is 1. The molecule has 10 heteroatoms. The van der Waals surface area contributed by atoms with Crippen molar-refractivity contribution in [1.82, 2.24) is 15.6 Å². The van der Waals surface area contributed by atoms with Gasteiger partial charge in [0, 0.05) is 5.56 Å². The largest absolute Gasteiger partial charge is 0.328 e. The van der Waals surface area contributed by atoms with E-state index < -0.39 is 22.4 Å². The van der Waals surface area contributed by atoms with E-state index in [-0.39, 0.29) is 5.96 Å². The maximum absolute atomic E-state index is 12.9. The van der Waals surface area contributed by atoms with Crippen LogP contribution in [0.5, 0.6) is 0 Å². The van der Waals surface area contributed by atoms with Gasteiger partial charge >= 0.3 is 0 Å². The normalized spacial score (nSPS) is 12.6. The lowest BCUT2D eigenvalue weighted by Crippen LogP contribution is -2.45. The highest BCUT2D eigenvalue weighted by Crippen LogP contribution is 2.26. The molecule has 7 nitrogen and oxygen atoms in total. The number of alkyl halides is 2. The number of anilines is 1. The second-order valence-electron chi connectivity index (χ2n) is 5.91. The fraction of sp³-hybridized carbons (Fsp3) is 0.222. The summed E-state index contributed by atoms with van der Waals surface area (Å²) < 4.78 is 11.5. The fourth-order valence-electron chi connectivity index (χ4n) is 2.05. The van der Waals surface area contributed by atoms with E-state index in [0.29, 0.717) is 11.3 Å². The second-order valence-corrected chi connectivity index (χ2v) is 7.67. The van der Waals surface area contributed by atoms with Gasteiger partial charge in [-0.15, -0.1) is 0 Å². The molecular weight excluding hydrogens is 406 g/mol. The number of guanidine groups is 1. The maximum Gasteiger partial charge on any atom is 0.253 e. The molecule has 2 rings (SSSR count). The minimum atomic E-state index is -1.49. The van der Waals surface area contributed by atoms with Crippen molar-refractivity contribution in [2.24, 2.45) is 4.99 Å². The molecule has 0 saturated carbocycles. The van der Waals surface area contributed by atoms with Gasteiger partial charge in [0.15, 0.2) is 16.7 Å². The molecule has 146 valence electrons. The van der Waals surface area contributed by atoms with Gasteiger partial charge in [-0.1, -0.05) is 40.9 Å². The van der Waals surface area contributed by atoms with Crippen molar-refractivity contribution in [1.29, 1.82) is 5.26 Å². The van der Waals surface area contributed by atoms with Crippen LogP contribution in [0.3, 0.4) is 0 Å². The summed E-state index contributed by atoms with van der Waals surface area (Å²) >= 11 is 12.3. The Labute approximate surface area is 171 Å². The second kappa shape index (κ2) is 9.35. The van der Waals surface area contributed by atoms with Crippen molar-refractivity contribution in [2.45, 2.75) is 24.3 Å². The summed E-state index contributed by atoms with van der Waals surface area (Å²) in [6.07, 6.45) is 1.81. The van der Waals surface area contributed by atoms with Gasteiger partial charge in [0.05, 0.1) is 11.9 Å². The topological polar surface area (TPSA) is 102 Å². The Morgan fingerprint density at radius 2 is 1.96 bits per heavy atom. The van der Waals surface area contributed by atoms with E-state index in [9.17, 15) is 9.18 Å². The first-order chi connectivity index (χ1) is 13.2. The SMILES string of the molecule is Cc1ccc(C(=O)NC(/N=C(\NC#N)Nc2ccc(F)nc2)C(C)(Cl)Cl)cc1. The predicted octanol–water partition coefficient (Wildman–Crippen LogP) is 3.32. The van der Waals surface area contributed by atoms with Gasteiger partial charge in [-0.05, 0) is 38.1 Å². The molecule has 2 aromatic rings. The minimum absolute atomic E-state index is 0.0577. The number of aromatic nitrogens is 1. The van der Waals surface area contributed by atoms with Gasteiger partial charge in [-0.3, -0.25) is 10.1 Å². The maximum atomic E-state index is 12.9. The molecule has 0 saturated heterocycles. The van der Waals surface area contributed by atoms with E-state index in [0.717, 1.165) is 11.6 Å². The lowest BCUT2D eigenvalue weighted by atomic mass is 10.1. The van der Waals surface area contributed by atoms with Crippen LogP contribution in [0.1, 0.15) is 22.8 Å². The van der Waals surface area contributed by atoms with Crippen LogP contribution in [0.15, 0.2) is 47.6 Å². The zero-order chi connectivity index (χ0) is 20.7. The van der Waals surface area contributed by atoms with Gasteiger partial charge < -0.3 is 10.6 Å². The first-order valence-electron chi connectivity index (χ1n) is 8.06. The number of nitrogens with zero attached hydrogens (tertiary/aromatic N) is 3. The highest BCUT2D eigenvalue weighted by atomic mass is 35.5. The number of hydrogen-bond donors (Lipinski definition) is 3. The number of aryl methyl sites for hydroxylation is 1. The summed E-state index contributed by atoms with van der Waals surface area (Å²) in [6.45, 7) is 3.35. The van der Waals surface area contributed by atoms with Gasteiger partial charge in [-0.25, -0.2) is 9.98 Å². The molecule has 0 fully saturated rings. The number of hydrogen-bond acceptors (Lipinski definition) is 4. The Morgan fingerprint density at radius 1 is 1.29 bits per heavy atom. The molecule has 0 aliphatic heterocycles. The monoisotopic (exact) mass is 422 g/mol. The number of carbonyl (C=O) groups is 1. The number of aliphatic imine (C=N–C) groups is 1. The molecule has 1 unspecified atom stereocenters. The van der Waals surface area contributed by atoms with Gasteiger partial charge in [0.1, 0.15) is 0 Å². The molecular formula is C18H17Cl2FN6O. The van der Waals surface area contributed by atoms with Crippen LogP contribution in [0.2, 0.25) is 0 Å². The molecule has 1 aromatic carbocycles. The van der Waals surface area contributed by atoms with Crippen molar-refractivity contribution in [3.8, 4) is 6.19 Å². The summed E-state index contributed by atoms with van der Waals surface area (Å²) in [5.41, 5.74) is 1.76. The number of nitrogens with one attached hydrogen (secondary N) is 3. The number of amides is 1. The predicted molar refractivity (Wildman–Crippen MR) is 107 cm³/mol. The fourth-order valence-corrected chi connectivity index (χ4v) is 2.26. The number of benzene rings is 1. The first kappa shape index (κ1) is 21.4. The van der Waals surface area contributed by atoms with E-state index in [2.05, 4.69) is 25.9 Å². The van der Waals surface area contributed by atoms with Crippen LogP contribution in [0, 0.1) is 24.3 Å². The average molecular weight is 423 g/mol. The van der Waals surface area contributed by atoms with Crippen molar-refractivity contribution < 1.29 is 9.18 Å². The molecule has 0 bridgehead atoms. The smallest absolute Gasteiger partial charge is 0.253 e. The molecule has 3 N–H and O–H groups in total. The number of nitriles is 1. The lowest BCUT2D eigenvalue weighted by Gasteiger charge is -2.25. The van der Waals surface area contributed by atoms with Crippen LogP contribution < -0.4 is 16.0 Å². The molecule has 0 spiro atoms. The summed E-state index contributed by atoms with van der Waals surface area (Å²) in [4.78, 5) is 20.2. The quantitative estimate of drug-likeness (QED) is 0.171. The van der Waals surface area contributed by atoms with Crippen LogP contribution in [0.4, 0.5) is 10.1 Å². The third-order valence-corrected chi connectivity index (χ3v) is 3.90. The van der Waals surface area contributed by atoms with Gasteiger partial charge in [-0.2, -0.15) is 9.65 Å². The Balaban J connectivity index is 2.25. The van der Waals surface area contributed by atoms with Crippen molar-refractivity contribution in [3.05, 3.63) is 59.7 Å². The van der Waals surface area contributed by atoms with E-state index in [4.69, 9.17) is 28.5 Å². The van der Waals surface area contributed by atoms with Crippen molar-refractivity contribution in [3.63, 3.8) is 0 Å². The molecule has 1 atom stereocenters. The Bertz CT molecular complexity index is 888. The average Bonchev–Trinajstić information content (AvgIpc) is 2.63. The third-order valence-electron chi connectivity index (χ3n) is 3.48. The van der Waals surface area contributed by atoms with E-state index in [1.54, 1.807) is 30.5 Å². The van der Waals surface area contributed by atoms with Crippen LogP contribution in [0.25, 0.3) is 0 Å². The van der Waals surface area contributed by atoms with E-state index in [1.165, 1.54) is 19.2 Å². The molecule has 28 heavy (non-hydrogen) atoms. The summed E-state index contributed by atoms with van der Waals surface area (Å²) in [5.74, 6) is -1.16. The van der Waals surface area contributed by atoms with Gasteiger partial charge in [0.25, 0.3) is 5.91 Å². The summed E-state index contributed by atoms with van der Waals surface area (Å²) in [6, 6.07) is 9.43. The minimum Gasteiger partial charge on any atom is -0.328 e. The summed E-state index contributed by atoms with van der Waals surface area (Å²) in [5, 5.41) is 16.6. The first-order valence-corrected chi connectivity index (χ1v) is 8.81. The number of carbonyl (C=O) groups excluding carboxylic acids is 1. The van der Waals surface area contributed by atoms with Crippen molar-refractivity contribution >= 4 is 40.8 Å². The highest BCUT2D eigenvalue weighted by Gasteiger charge is 2.32. The standard InChI is InChI=1S/C18H17Cl2FN6O/c1-11-3-5-12(6-4-11)15(28)26-16(18(2,19)20)27-17(24-10-22)25-13-7-8-14(21)23-9-13/h3-9,16H,1-2H3,(H,26,28)(H2,24,25,27). The van der Waals surface area contributed by atoms with E-state index >= 15 is 0 Å². The molecule has 0 aliphatic rings. The zero-order valence-electron chi connectivity index (χ0n) is 15.0. The molecule has 0 radical (unpaired) electrons. The zero-order valence-corrected chi connectivity index (χ0v) is 16.5. The van der Waals surface area contributed by atoms with E-state index in [1.807, 2.05) is 6.92 Å². The third kappa shape index (κ3) is 6.37. The van der Waals surface area contributed by atoms with Crippen LogP contribution in [-0.2, 0) is 0 Å². The lowest BCUT2D eigenvalue weighted by molar-refractivity contribution is 0.0935. The summed E-state index contributed by atoms with van der Waals surface area (Å²) in [7, 11) is 0. The molecule has 1 amide bonds. The van der Waals surface area contributed by atoms with Gasteiger partial charge in [0.2, 0.25) is 11.9 Å².